The van der Waals surface area contributed by atoms with E-state index in [2.05, 4.69) is 0 Å². The Morgan fingerprint density at radius 1 is 1.32 bits per heavy atom. The summed E-state index contributed by atoms with van der Waals surface area (Å²) in [6.45, 7) is -0.342. The standard InChI is InChI=1S/C13H13F2NO3/c14-10-3-1-9(2-4-10)7-11(17)16-6-5-13(15,8-16)12(18)19/h1-4H,5-8H2,(H,18,19). The molecular formula is C13H13F2NO3. The summed E-state index contributed by atoms with van der Waals surface area (Å²) < 4.78 is 26.5. The third-order valence-electron chi connectivity index (χ3n) is 3.22. The quantitative estimate of drug-likeness (QED) is 0.902. The second kappa shape index (κ2) is 4.95. The van der Waals surface area contributed by atoms with E-state index in [4.69, 9.17) is 5.11 Å². The van der Waals surface area contributed by atoms with Crippen LogP contribution in [0.15, 0.2) is 24.3 Å². The van der Waals surface area contributed by atoms with E-state index in [1.165, 1.54) is 29.2 Å². The zero-order chi connectivity index (χ0) is 14.0. The van der Waals surface area contributed by atoms with Crippen molar-refractivity contribution < 1.29 is 23.5 Å². The summed E-state index contributed by atoms with van der Waals surface area (Å²) in [5.41, 5.74) is -1.74. The maximum Gasteiger partial charge on any atom is 0.343 e. The first-order chi connectivity index (χ1) is 8.90. The number of amides is 1. The molecule has 0 saturated carbocycles. The van der Waals surface area contributed by atoms with E-state index in [-0.39, 0.29) is 25.3 Å². The predicted molar refractivity (Wildman–Crippen MR) is 62.8 cm³/mol. The van der Waals surface area contributed by atoms with Crippen molar-refractivity contribution >= 4 is 11.9 Å². The number of nitrogens with zero attached hydrogens (tertiary/aromatic N) is 1. The average Bonchev–Trinajstić information content (AvgIpc) is 2.76. The minimum Gasteiger partial charge on any atom is -0.479 e. The second-order valence-electron chi connectivity index (χ2n) is 4.64. The largest absolute Gasteiger partial charge is 0.479 e. The number of carboxylic acid groups (broad SMARTS) is 1. The van der Waals surface area contributed by atoms with E-state index in [1.54, 1.807) is 0 Å². The molecule has 19 heavy (non-hydrogen) atoms. The SMILES string of the molecule is O=C(Cc1ccc(F)cc1)N1CCC(F)(C(=O)O)C1. The Balaban J connectivity index is 1.98. The monoisotopic (exact) mass is 269 g/mol. The van der Waals surface area contributed by atoms with Crippen LogP contribution >= 0.6 is 0 Å². The lowest BCUT2D eigenvalue weighted by molar-refractivity contribution is -0.150. The van der Waals surface area contributed by atoms with Crippen molar-refractivity contribution in [3.05, 3.63) is 35.6 Å². The van der Waals surface area contributed by atoms with Crippen molar-refractivity contribution in [2.75, 3.05) is 13.1 Å². The molecule has 1 fully saturated rings. The Kier molecular flexibility index (Phi) is 3.50. The first-order valence-electron chi connectivity index (χ1n) is 5.85. The molecule has 0 aliphatic carbocycles. The molecule has 1 amide bonds. The number of likely N-dealkylation sites (tertiary alicyclic amines) is 1. The summed E-state index contributed by atoms with van der Waals surface area (Å²) in [5.74, 6) is -2.29. The number of carbonyl (C=O) groups excluding carboxylic acids is 1. The van der Waals surface area contributed by atoms with E-state index in [9.17, 15) is 18.4 Å². The molecule has 4 nitrogen and oxygen atoms in total. The van der Waals surface area contributed by atoms with Crippen LogP contribution in [0.5, 0.6) is 0 Å². The van der Waals surface area contributed by atoms with Crippen molar-refractivity contribution in [1.29, 1.82) is 0 Å². The van der Waals surface area contributed by atoms with Crippen LogP contribution in [0, 0.1) is 5.82 Å². The molecule has 1 unspecified atom stereocenters. The number of aliphatic carboxylic acids is 1. The van der Waals surface area contributed by atoms with Gasteiger partial charge in [-0.15, -0.1) is 0 Å². The molecule has 2 rings (SSSR count). The molecule has 1 aliphatic rings. The van der Waals surface area contributed by atoms with Gasteiger partial charge in [0.15, 0.2) is 0 Å². The summed E-state index contributed by atoms with van der Waals surface area (Å²) >= 11 is 0. The molecule has 0 bridgehead atoms. The van der Waals surface area contributed by atoms with Crippen molar-refractivity contribution in [2.24, 2.45) is 0 Å². The normalized spacial score (nSPS) is 22.5. The molecule has 1 heterocycles. The van der Waals surface area contributed by atoms with Gasteiger partial charge in [-0.3, -0.25) is 4.79 Å². The van der Waals surface area contributed by atoms with Crippen LogP contribution in [0.4, 0.5) is 8.78 Å². The van der Waals surface area contributed by atoms with Gasteiger partial charge in [-0.2, -0.15) is 0 Å². The average molecular weight is 269 g/mol. The Hall–Kier alpha value is -1.98. The maximum atomic E-state index is 13.8. The van der Waals surface area contributed by atoms with E-state index >= 15 is 0 Å². The van der Waals surface area contributed by atoms with Crippen molar-refractivity contribution in [1.82, 2.24) is 4.90 Å². The predicted octanol–water partition coefficient (Wildman–Crippen LogP) is 1.39. The van der Waals surface area contributed by atoms with Gasteiger partial charge in [-0.1, -0.05) is 12.1 Å². The number of carbonyl (C=O) groups is 2. The topological polar surface area (TPSA) is 57.6 Å². The van der Waals surface area contributed by atoms with Crippen LogP contribution in [0.1, 0.15) is 12.0 Å². The van der Waals surface area contributed by atoms with E-state index in [1.807, 2.05) is 0 Å². The lowest BCUT2D eigenvalue weighted by atomic mass is 10.1. The summed E-state index contributed by atoms with van der Waals surface area (Å²) in [5, 5.41) is 8.74. The zero-order valence-corrected chi connectivity index (χ0v) is 10.1. The Morgan fingerprint density at radius 3 is 2.47 bits per heavy atom. The van der Waals surface area contributed by atoms with Gasteiger partial charge in [0.2, 0.25) is 11.6 Å². The fraction of sp³-hybridized carbons (Fsp3) is 0.385. The Labute approximate surface area is 108 Å². The highest BCUT2D eigenvalue weighted by atomic mass is 19.1. The van der Waals surface area contributed by atoms with Gasteiger partial charge >= 0.3 is 5.97 Å². The van der Waals surface area contributed by atoms with E-state index in [0.29, 0.717) is 5.56 Å². The van der Waals surface area contributed by atoms with Gasteiger partial charge in [0.25, 0.3) is 0 Å². The van der Waals surface area contributed by atoms with Gasteiger partial charge in [-0.05, 0) is 17.7 Å². The van der Waals surface area contributed by atoms with E-state index in [0.717, 1.165) is 0 Å². The molecule has 1 aromatic carbocycles. The fourth-order valence-corrected chi connectivity index (χ4v) is 2.05. The molecule has 1 aliphatic heterocycles. The van der Waals surface area contributed by atoms with E-state index < -0.39 is 24.0 Å². The summed E-state index contributed by atoms with van der Waals surface area (Å²) in [6.07, 6.45) is -0.187. The summed E-state index contributed by atoms with van der Waals surface area (Å²) in [4.78, 5) is 23.8. The summed E-state index contributed by atoms with van der Waals surface area (Å²) in [6, 6.07) is 5.43. The molecule has 1 aromatic rings. The van der Waals surface area contributed by atoms with Crippen LogP contribution < -0.4 is 0 Å². The lowest BCUT2D eigenvalue weighted by Crippen LogP contribution is -2.39. The Bertz CT molecular complexity index is 503. The fourth-order valence-electron chi connectivity index (χ4n) is 2.05. The lowest BCUT2D eigenvalue weighted by Gasteiger charge is -2.17. The molecule has 0 radical (unpaired) electrons. The maximum absolute atomic E-state index is 13.8. The van der Waals surface area contributed by atoms with Crippen LogP contribution in [0.25, 0.3) is 0 Å². The molecule has 0 aromatic heterocycles. The molecule has 6 heteroatoms. The van der Waals surface area contributed by atoms with Crippen LogP contribution in [0.3, 0.4) is 0 Å². The minimum atomic E-state index is -2.35. The van der Waals surface area contributed by atoms with Crippen LogP contribution in [0.2, 0.25) is 0 Å². The highest BCUT2D eigenvalue weighted by Gasteiger charge is 2.46. The molecule has 1 saturated heterocycles. The molecule has 102 valence electrons. The smallest absolute Gasteiger partial charge is 0.343 e. The summed E-state index contributed by atoms with van der Waals surface area (Å²) in [7, 11) is 0. The van der Waals surface area contributed by atoms with Crippen molar-refractivity contribution in [3.63, 3.8) is 0 Å². The van der Waals surface area contributed by atoms with Gasteiger partial charge in [-0.25, -0.2) is 13.6 Å². The number of hydrogen-bond donors (Lipinski definition) is 1. The highest BCUT2D eigenvalue weighted by molar-refractivity contribution is 5.83. The Morgan fingerprint density at radius 2 is 1.95 bits per heavy atom. The van der Waals surface area contributed by atoms with Crippen LogP contribution in [-0.2, 0) is 16.0 Å². The second-order valence-corrected chi connectivity index (χ2v) is 4.64. The number of halogens is 2. The molecule has 1 atom stereocenters. The minimum absolute atomic E-state index is 0.00990. The van der Waals surface area contributed by atoms with Gasteiger partial charge in [0.1, 0.15) is 5.82 Å². The number of rotatable bonds is 3. The van der Waals surface area contributed by atoms with Gasteiger partial charge < -0.3 is 10.0 Å². The van der Waals surface area contributed by atoms with Gasteiger partial charge in [0.05, 0.1) is 13.0 Å². The van der Waals surface area contributed by atoms with Crippen LogP contribution in [-0.4, -0.2) is 40.6 Å². The molecular weight excluding hydrogens is 256 g/mol. The molecule has 1 N–H and O–H groups in total. The van der Waals surface area contributed by atoms with Crippen molar-refractivity contribution in [2.45, 2.75) is 18.5 Å². The first-order valence-corrected chi connectivity index (χ1v) is 5.85. The third kappa shape index (κ3) is 2.89. The number of benzene rings is 1. The number of carboxylic acids is 1. The number of alkyl halides is 1. The van der Waals surface area contributed by atoms with Crippen molar-refractivity contribution in [3.8, 4) is 0 Å². The highest BCUT2D eigenvalue weighted by Crippen LogP contribution is 2.26. The zero-order valence-electron chi connectivity index (χ0n) is 10.1. The third-order valence-corrected chi connectivity index (χ3v) is 3.22. The number of hydrogen-bond acceptors (Lipinski definition) is 2. The first kappa shape index (κ1) is 13.5. The van der Waals surface area contributed by atoms with Gasteiger partial charge in [0, 0.05) is 13.0 Å². The molecule has 0 spiro atoms.